The Labute approximate surface area is 237 Å². The van der Waals surface area contributed by atoms with E-state index in [4.69, 9.17) is 14.5 Å². The van der Waals surface area contributed by atoms with Crippen molar-refractivity contribution >= 4 is 11.0 Å². The first-order valence-electron chi connectivity index (χ1n) is 13.5. The van der Waals surface area contributed by atoms with Crippen molar-refractivity contribution in [3.63, 3.8) is 0 Å². The van der Waals surface area contributed by atoms with Gasteiger partial charge in [0.2, 0.25) is 5.88 Å². The minimum atomic E-state index is -4.53. The topological polar surface area (TPSA) is 105 Å². The maximum Gasteiger partial charge on any atom is 0.434 e. The summed E-state index contributed by atoms with van der Waals surface area (Å²) in [6, 6.07) is 8.87. The predicted octanol–water partition coefficient (Wildman–Crippen LogP) is 4.41. The molecule has 42 heavy (non-hydrogen) atoms. The second-order valence-electron chi connectivity index (χ2n) is 10.7. The van der Waals surface area contributed by atoms with Crippen LogP contribution in [-0.2, 0) is 31.1 Å². The third kappa shape index (κ3) is 4.73. The first kappa shape index (κ1) is 26.4. The molecule has 1 saturated heterocycles. The van der Waals surface area contributed by atoms with Crippen LogP contribution in [0.4, 0.5) is 13.2 Å². The van der Waals surface area contributed by atoms with Crippen LogP contribution in [0.2, 0.25) is 0 Å². The molecule has 1 aliphatic carbocycles. The average molecular weight is 578 g/mol. The highest BCUT2D eigenvalue weighted by atomic mass is 19.4. The normalized spacial score (nSPS) is 16.7. The minimum Gasteiger partial charge on any atom is -0.480 e. The summed E-state index contributed by atoms with van der Waals surface area (Å²) < 4.78 is 55.2. The van der Waals surface area contributed by atoms with Crippen molar-refractivity contribution in [1.82, 2.24) is 33.6 Å². The highest BCUT2D eigenvalue weighted by molar-refractivity contribution is 5.82. The molecule has 1 aliphatic heterocycles. The molecule has 0 bridgehead atoms. The van der Waals surface area contributed by atoms with Crippen LogP contribution in [0.3, 0.4) is 0 Å². The number of hydrogen-bond donors (Lipinski definition) is 0. The molecular weight excluding hydrogens is 551 g/mol. The summed E-state index contributed by atoms with van der Waals surface area (Å²) in [6.07, 6.45) is 1.66. The molecule has 2 fully saturated rings. The Morgan fingerprint density at radius 3 is 2.48 bits per heavy atom. The lowest BCUT2D eigenvalue weighted by molar-refractivity contribution is -0.140. The number of aromatic nitrogens is 7. The van der Waals surface area contributed by atoms with E-state index >= 15 is 0 Å². The average Bonchev–Trinajstić information content (AvgIpc) is 3.91. The van der Waals surface area contributed by atoms with Gasteiger partial charge < -0.3 is 14.0 Å². The van der Waals surface area contributed by atoms with Gasteiger partial charge in [0, 0.05) is 24.7 Å². The Balaban J connectivity index is 1.29. The van der Waals surface area contributed by atoms with Crippen molar-refractivity contribution in [2.24, 2.45) is 7.05 Å². The summed E-state index contributed by atoms with van der Waals surface area (Å²) >= 11 is 0. The Kier molecular flexibility index (Phi) is 6.15. The van der Waals surface area contributed by atoms with E-state index in [2.05, 4.69) is 15.0 Å². The number of pyridine rings is 1. The Morgan fingerprint density at radius 1 is 1.07 bits per heavy atom. The van der Waals surface area contributed by atoms with Crippen molar-refractivity contribution in [2.75, 3.05) is 13.7 Å². The molecule has 0 spiro atoms. The van der Waals surface area contributed by atoms with Crippen LogP contribution in [0.15, 0.2) is 53.8 Å². The summed E-state index contributed by atoms with van der Waals surface area (Å²) in [6.45, 7) is 1.25. The summed E-state index contributed by atoms with van der Waals surface area (Å²) in [5.41, 5.74) is 3.75. The van der Waals surface area contributed by atoms with E-state index in [1.54, 1.807) is 46.7 Å². The first-order valence-corrected chi connectivity index (χ1v) is 13.5. The lowest BCUT2D eigenvalue weighted by Gasteiger charge is -2.12. The molecule has 7 rings (SSSR count). The largest absolute Gasteiger partial charge is 0.480 e. The summed E-state index contributed by atoms with van der Waals surface area (Å²) in [5.74, 6) is 0.947. The van der Waals surface area contributed by atoms with E-state index in [1.807, 2.05) is 6.07 Å². The third-order valence-electron chi connectivity index (χ3n) is 7.67. The molecule has 4 aromatic heterocycles. The van der Waals surface area contributed by atoms with Gasteiger partial charge in [-0.05, 0) is 24.5 Å². The van der Waals surface area contributed by atoms with Gasteiger partial charge in [-0.15, -0.1) is 0 Å². The van der Waals surface area contributed by atoms with E-state index < -0.39 is 11.9 Å². The van der Waals surface area contributed by atoms with Crippen LogP contribution >= 0.6 is 0 Å². The number of fused-ring (bicyclic) bond motifs is 1. The van der Waals surface area contributed by atoms with Crippen LogP contribution < -0.4 is 10.4 Å². The third-order valence-corrected chi connectivity index (χ3v) is 7.67. The zero-order valence-corrected chi connectivity index (χ0v) is 22.8. The fraction of sp³-hybridized carbons (Fsp3) is 0.345. The fourth-order valence-corrected chi connectivity index (χ4v) is 5.31. The van der Waals surface area contributed by atoms with E-state index in [0.29, 0.717) is 47.2 Å². The molecule has 0 amide bonds. The Bertz CT molecular complexity index is 1870. The number of benzene rings is 1. The highest BCUT2D eigenvalue weighted by Gasteiger charge is 2.35. The van der Waals surface area contributed by atoms with Gasteiger partial charge in [0.15, 0.2) is 5.69 Å². The Morgan fingerprint density at radius 2 is 1.83 bits per heavy atom. The maximum atomic E-state index is 13.7. The number of nitrogens with zero attached hydrogens (tertiary/aromatic N) is 7. The van der Waals surface area contributed by atoms with Crippen LogP contribution in [0.1, 0.15) is 35.7 Å². The van der Waals surface area contributed by atoms with Gasteiger partial charge in [-0.3, -0.25) is 14.1 Å². The summed E-state index contributed by atoms with van der Waals surface area (Å²) in [7, 11) is 3.08. The number of methoxy groups -OCH3 is 1. The molecule has 5 aromatic rings. The number of hydrogen-bond acceptors (Lipinski definition) is 7. The van der Waals surface area contributed by atoms with Gasteiger partial charge in [-0.1, -0.05) is 24.3 Å². The zero-order valence-electron chi connectivity index (χ0n) is 22.8. The van der Waals surface area contributed by atoms with Gasteiger partial charge in [0.05, 0.1) is 67.1 Å². The molecule has 1 saturated carbocycles. The van der Waals surface area contributed by atoms with Gasteiger partial charge in [-0.2, -0.15) is 13.2 Å². The molecule has 1 unspecified atom stereocenters. The van der Waals surface area contributed by atoms with Gasteiger partial charge in [0.1, 0.15) is 12.2 Å². The van der Waals surface area contributed by atoms with Crippen LogP contribution in [-0.4, -0.2) is 53.5 Å². The van der Waals surface area contributed by atoms with Crippen molar-refractivity contribution in [3.05, 3.63) is 76.5 Å². The van der Waals surface area contributed by atoms with Gasteiger partial charge in [-0.25, -0.2) is 19.7 Å². The van der Waals surface area contributed by atoms with Crippen LogP contribution in [0.5, 0.6) is 5.88 Å². The van der Waals surface area contributed by atoms with E-state index in [9.17, 15) is 18.0 Å². The summed E-state index contributed by atoms with van der Waals surface area (Å²) in [4.78, 5) is 31.0. The van der Waals surface area contributed by atoms with Crippen molar-refractivity contribution in [2.45, 2.75) is 44.1 Å². The van der Waals surface area contributed by atoms with Gasteiger partial charge >= 0.3 is 11.9 Å². The van der Waals surface area contributed by atoms with Gasteiger partial charge in [0.25, 0.3) is 0 Å². The molecule has 1 aromatic carbocycles. The second-order valence-corrected chi connectivity index (χ2v) is 10.7. The molecule has 0 N–H and O–H groups in total. The molecular formula is C29H26F3N7O3. The van der Waals surface area contributed by atoms with E-state index in [0.717, 1.165) is 35.9 Å². The SMILES string of the molecule is COc1ncnc(C2CC2)c1-c1cc2c(cn1)n(CC1CO1)c(=O)n2Cc1ccc(-c2nc(C(F)(F)F)cn2C)cc1. The molecule has 5 heterocycles. The molecule has 0 radical (unpaired) electrons. The number of epoxide rings is 1. The number of rotatable bonds is 8. The monoisotopic (exact) mass is 577 g/mol. The number of ether oxygens (including phenoxy) is 2. The molecule has 2 aliphatic rings. The summed E-state index contributed by atoms with van der Waals surface area (Å²) in [5, 5.41) is 0. The highest BCUT2D eigenvalue weighted by Crippen LogP contribution is 2.45. The quantitative estimate of drug-likeness (QED) is 0.252. The van der Waals surface area contributed by atoms with Crippen LogP contribution in [0, 0.1) is 0 Å². The van der Waals surface area contributed by atoms with Crippen molar-refractivity contribution in [3.8, 4) is 28.5 Å². The number of alkyl halides is 3. The second kappa shape index (κ2) is 9.79. The standard InChI is InChI=1S/C29H26F3N7O3/c1-37-13-23(29(30,31)32)36-26(37)18-5-3-16(4-6-18)11-38-21-9-20(24-25(17-7-8-17)34-15-35-27(24)41-2)33-10-22(21)39(28(38)40)12-19-14-42-19/h3-6,9-10,13,15,17,19H,7-8,11-12,14H2,1-2H3. The zero-order chi connectivity index (χ0) is 29.2. The smallest absolute Gasteiger partial charge is 0.434 e. The fourth-order valence-electron chi connectivity index (χ4n) is 5.31. The van der Waals surface area contributed by atoms with E-state index in [-0.39, 0.29) is 24.2 Å². The molecule has 1 atom stereocenters. The molecule has 13 heteroatoms. The van der Waals surface area contributed by atoms with E-state index in [1.165, 1.54) is 17.9 Å². The predicted molar refractivity (Wildman–Crippen MR) is 146 cm³/mol. The first-order chi connectivity index (χ1) is 20.2. The number of halogens is 3. The van der Waals surface area contributed by atoms with Crippen LogP contribution in [0.25, 0.3) is 33.7 Å². The number of imidazole rings is 2. The number of aryl methyl sites for hydroxylation is 1. The Hall–Kier alpha value is -4.52. The van der Waals surface area contributed by atoms with Crippen molar-refractivity contribution in [1.29, 1.82) is 0 Å². The maximum absolute atomic E-state index is 13.7. The lowest BCUT2D eigenvalue weighted by atomic mass is 10.1. The lowest BCUT2D eigenvalue weighted by Crippen LogP contribution is -2.26. The molecule has 216 valence electrons. The molecule has 10 nitrogen and oxygen atoms in total. The minimum absolute atomic E-state index is 0.0239. The van der Waals surface area contributed by atoms with Crippen molar-refractivity contribution < 1.29 is 22.6 Å².